The number of aliphatic hydroxyl groups is 1. The monoisotopic (exact) mass is 340 g/mol. The molecule has 0 saturated carbocycles. The summed E-state index contributed by atoms with van der Waals surface area (Å²) in [6.45, 7) is 5.33. The van der Waals surface area contributed by atoms with E-state index >= 15 is 0 Å². The number of rotatable bonds is 7. The van der Waals surface area contributed by atoms with Gasteiger partial charge in [0, 0.05) is 29.6 Å². The second-order valence-electron chi connectivity index (χ2n) is 5.49. The number of nitrogens with one attached hydrogen (secondary N) is 1. The first-order valence-corrected chi connectivity index (χ1v) is 8.37. The van der Waals surface area contributed by atoms with Crippen LogP contribution in [0.3, 0.4) is 0 Å². The van der Waals surface area contributed by atoms with Crippen molar-refractivity contribution in [3.05, 3.63) is 34.3 Å². The molecule has 1 fully saturated rings. The molecule has 0 spiro atoms. The highest BCUT2D eigenvalue weighted by atomic mass is 79.9. The fourth-order valence-corrected chi connectivity index (χ4v) is 3.53. The van der Waals surface area contributed by atoms with Crippen molar-refractivity contribution in [3.63, 3.8) is 0 Å². The molecule has 2 atom stereocenters. The van der Waals surface area contributed by atoms with Gasteiger partial charge in [-0.2, -0.15) is 0 Å². The van der Waals surface area contributed by atoms with Crippen LogP contribution in [0.1, 0.15) is 37.8 Å². The van der Waals surface area contributed by atoms with Crippen LogP contribution in [0.15, 0.2) is 28.7 Å². The lowest BCUT2D eigenvalue weighted by atomic mass is 10.0. The molecule has 0 aromatic heterocycles. The highest BCUT2D eigenvalue weighted by molar-refractivity contribution is 9.10. The average molecular weight is 341 g/mol. The van der Waals surface area contributed by atoms with E-state index in [-0.39, 0.29) is 6.61 Å². The Labute approximate surface area is 130 Å². The molecule has 1 saturated heterocycles. The zero-order valence-corrected chi connectivity index (χ0v) is 13.8. The molecule has 1 aliphatic heterocycles. The Hall–Kier alpha value is -0.420. The van der Waals surface area contributed by atoms with Gasteiger partial charge in [-0.25, -0.2) is 0 Å². The molecule has 1 aliphatic rings. The van der Waals surface area contributed by atoms with Crippen molar-refractivity contribution < 1.29 is 5.11 Å². The Bertz CT molecular complexity index is 407. The van der Waals surface area contributed by atoms with Crippen LogP contribution < -0.4 is 5.32 Å². The Morgan fingerprint density at radius 1 is 1.50 bits per heavy atom. The number of aliphatic hydroxyl groups excluding tert-OH is 1. The van der Waals surface area contributed by atoms with Gasteiger partial charge in [0.05, 0.1) is 6.61 Å². The average Bonchev–Trinajstić information content (AvgIpc) is 2.93. The number of hydrogen-bond acceptors (Lipinski definition) is 3. The van der Waals surface area contributed by atoms with Crippen LogP contribution in [0.25, 0.3) is 0 Å². The molecular formula is C16H25BrN2O. The predicted octanol–water partition coefficient (Wildman–Crippen LogP) is 2.95. The van der Waals surface area contributed by atoms with Crippen LogP contribution in [0.4, 0.5) is 0 Å². The van der Waals surface area contributed by atoms with Crippen LogP contribution in [0.5, 0.6) is 0 Å². The number of benzene rings is 1. The molecule has 20 heavy (non-hydrogen) atoms. The van der Waals surface area contributed by atoms with Gasteiger partial charge in [0.2, 0.25) is 0 Å². The second-order valence-corrected chi connectivity index (χ2v) is 6.41. The van der Waals surface area contributed by atoms with Crippen LogP contribution in [-0.4, -0.2) is 42.3 Å². The third-order valence-corrected chi connectivity index (χ3v) is 4.56. The zero-order valence-electron chi connectivity index (χ0n) is 12.2. The number of hydrogen-bond donors (Lipinski definition) is 2. The Kier molecular flexibility index (Phi) is 6.49. The topological polar surface area (TPSA) is 35.5 Å². The molecule has 1 aromatic carbocycles. The molecule has 2 unspecified atom stereocenters. The molecule has 2 rings (SSSR count). The van der Waals surface area contributed by atoms with Crippen molar-refractivity contribution in [2.75, 3.05) is 26.2 Å². The first-order chi connectivity index (χ1) is 9.74. The van der Waals surface area contributed by atoms with E-state index in [1.165, 1.54) is 18.4 Å². The standard InChI is InChI=1S/C16H25BrN2O/c1-2-16(13-5-3-6-14(17)11-13)19(9-10-20)12-15-7-4-8-18-15/h3,5-6,11,15-16,18,20H,2,4,7-10,12H2,1H3. The molecule has 3 nitrogen and oxygen atoms in total. The minimum atomic E-state index is 0.219. The third kappa shape index (κ3) is 4.29. The maximum atomic E-state index is 9.39. The molecule has 0 radical (unpaired) electrons. The molecule has 1 heterocycles. The van der Waals surface area contributed by atoms with Crippen LogP contribution in [0.2, 0.25) is 0 Å². The highest BCUT2D eigenvalue weighted by Crippen LogP contribution is 2.27. The molecule has 0 aliphatic carbocycles. The predicted molar refractivity (Wildman–Crippen MR) is 86.9 cm³/mol. The van der Waals surface area contributed by atoms with Gasteiger partial charge >= 0.3 is 0 Å². The van der Waals surface area contributed by atoms with Crippen LogP contribution in [-0.2, 0) is 0 Å². The summed E-state index contributed by atoms with van der Waals surface area (Å²) in [6.07, 6.45) is 3.57. The Morgan fingerprint density at radius 2 is 2.35 bits per heavy atom. The molecular weight excluding hydrogens is 316 g/mol. The van der Waals surface area contributed by atoms with E-state index in [1.807, 2.05) is 0 Å². The first-order valence-electron chi connectivity index (χ1n) is 7.58. The zero-order chi connectivity index (χ0) is 14.4. The summed E-state index contributed by atoms with van der Waals surface area (Å²) in [6, 6.07) is 9.48. The summed E-state index contributed by atoms with van der Waals surface area (Å²) in [5, 5.41) is 12.9. The summed E-state index contributed by atoms with van der Waals surface area (Å²) in [4.78, 5) is 2.42. The summed E-state index contributed by atoms with van der Waals surface area (Å²) in [5.41, 5.74) is 1.33. The van der Waals surface area contributed by atoms with E-state index in [1.54, 1.807) is 0 Å². The maximum absolute atomic E-state index is 9.39. The van der Waals surface area contributed by atoms with E-state index in [9.17, 15) is 5.11 Å². The molecule has 112 valence electrons. The number of halogens is 1. The first kappa shape index (κ1) is 16.0. The van der Waals surface area contributed by atoms with Gasteiger partial charge in [-0.05, 0) is 43.5 Å². The molecule has 0 amide bonds. The van der Waals surface area contributed by atoms with E-state index in [4.69, 9.17) is 0 Å². The lowest BCUT2D eigenvalue weighted by Gasteiger charge is -2.33. The lowest BCUT2D eigenvalue weighted by molar-refractivity contribution is 0.136. The smallest absolute Gasteiger partial charge is 0.0558 e. The molecule has 2 N–H and O–H groups in total. The summed E-state index contributed by atoms with van der Waals surface area (Å²) in [7, 11) is 0. The van der Waals surface area contributed by atoms with Gasteiger partial charge in [-0.15, -0.1) is 0 Å². The van der Waals surface area contributed by atoms with Crippen molar-refractivity contribution in [3.8, 4) is 0 Å². The van der Waals surface area contributed by atoms with Crippen molar-refractivity contribution in [2.45, 2.75) is 38.3 Å². The maximum Gasteiger partial charge on any atom is 0.0558 e. The van der Waals surface area contributed by atoms with Gasteiger partial charge < -0.3 is 10.4 Å². The minimum Gasteiger partial charge on any atom is -0.395 e. The number of nitrogens with zero attached hydrogens (tertiary/aromatic N) is 1. The highest BCUT2D eigenvalue weighted by Gasteiger charge is 2.23. The van der Waals surface area contributed by atoms with Crippen molar-refractivity contribution in [1.82, 2.24) is 10.2 Å². The van der Waals surface area contributed by atoms with Gasteiger partial charge in [-0.3, -0.25) is 4.90 Å². The van der Waals surface area contributed by atoms with Gasteiger partial charge in [0.15, 0.2) is 0 Å². The summed E-state index contributed by atoms with van der Waals surface area (Å²) >= 11 is 3.56. The lowest BCUT2D eigenvalue weighted by Crippen LogP contribution is -2.41. The summed E-state index contributed by atoms with van der Waals surface area (Å²) < 4.78 is 1.12. The van der Waals surface area contributed by atoms with Crippen molar-refractivity contribution >= 4 is 15.9 Å². The van der Waals surface area contributed by atoms with Crippen molar-refractivity contribution in [1.29, 1.82) is 0 Å². The van der Waals surface area contributed by atoms with Crippen LogP contribution in [0, 0.1) is 0 Å². The fourth-order valence-electron chi connectivity index (χ4n) is 3.12. The minimum absolute atomic E-state index is 0.219. The quantitative estimate of drug-likeness (QED) is 0.800. The van der Waals surface area contributed by atoms with E-state index in [2.05, 4.69) is 57.3 Å². The Balaban J connectivity index is 2.11. The largest absolute Gasteiger partial charge is 0.395 e. The fraction of sp³-hybridized carbons (Fsp3) is 0.625. The van der Waals surface area contributed by atoms with Gasteiger partial charge in [0.1, 0.15) is 0 Å². The SMILES string of the molecule is CCC(c1cccc(Br)c1)N(CCO)CC1CCCN1. The van der Waals surface area contributed by atoms with Crippen molar-refractivity contribution in [2.24, 2.45) is 0 Å². The van der Waals surface area contributed by atoms with Crippen LogP contribution >= 0.6 is 15.9 Å². The molecule has 4 heteroatoms. The van der Waals surface area contributed by atoms with E-state index in [0.29, 0.717) is 12.1 Å². The normalized spacial score (nSPS) is 20.5. The second kappa shape index (κ2) is 8.13. The molecule has 1 aromatic rings. The Morgan fingerprint density at radius 3 is 2.95 bits per heavy atom. The molecule has 0 bridgehead atoms. The van der Waals surface area contributed by atoms with E-state index < -0.39 is 0 Å². The van der Waals surface area contributed by atoms with Gasteiger partial charge in [-0.1, -0.05) is 35.0 Å². The third-order valence-electron chi connectivity index (χ3n) is 4.07. The summed E-state index contributed by atoms with van der Waals surface area (Å²) in [5.74, 6) is 0. The van der Waals surface area contributed by atoms with Gasteiger partial charge in [0.25, 0.3) is 0 Å². The van der Waals surface area contributed by atoms with E-state index in [0.717, 1.165) is 30.5 Å².